The van der Waals surface area contributed by atoms with Crippen molar-refractivity contribution in [2.24, 2.45) is 0 Å². The van der Waals surface area contributed by atoms with Crippen LogP contribution in [0.5, 0.6) is 29.0 Å². The van der Waals surface area contributed by atoms with E-state index in [2.05, 4.69) is 15.3 Å². The van der Waals surface area contributed by atoms with Gasteiger partial charge in [0.25, 0.3) is 5.69 Å². The number of pyridine rings is 2. The summed E-state index contributed by atoms with van der Waals surface area (Å²) >= 11 is 0. The van der Waals surface area contributed by atoms with Crippen molar-refractivity contribution >= 4 is 23.4 Å². The van der Waals surface area contributed by atoms with Crippen LogP contribution in [0, 0.1) is 21.7 Å². The minimum absolute atomic E-state index is 0.0412. The number of nitro benzene ring substituents is 1. The molecule has 0 aliphatic carbocycles. The minimum atomic E-state index is -1.03. The number of aromatic nitrogens is 2. The van der Waals surface area contributed by atoms with Crippen molar-refractivity contribution in [2.75, 3.05) is 37.5 Å². The number of nitrogens with one attached hydrogen (secondary N) is 1. The molecule has 0 bridgehead atoms. The number of carbonyl (C=O) groups excluding carboxylic acids is 1. The number of nitrogens with zero attached hydrogens (tertiary/aromatic N) is 3. The molecule has 3 aromatic rings. The highest BCUT2D eigenvalue weighted by atomic mass is 19.1. The highest BCUT2D eigenvalue weighted by Crippen LogP contribution is 2.28. The molecule has 2 heterocycles. The fraction of sp³-hybridized carbons (Fsp3) is 0.320. The predicted molar refractivity (Wildman–Crippen MR) is 140 cm³/mol. The van der Waals surface area contributed by atoms with Crippen LogP contribution in [0.2, 0.25) is 0 Å². The first-order chi connectivity index (χ1) is 19.1. The number of hydrogen-bond acceptors (Lipinski definition) is 11. The number of hydrogen-bond donors (Lipinski definition) is 2. The molecule has 2 aromatic heterocycles. The van der Waals surface area contributed by atoms with E-state index < -0.39 is 28.5 Å². The third-order valence-electron chi connectivity index (χ3n) is 4.49. The zero-order valence-corrected chi connectivity index (χ0v) is 22.2. The molecule has 3 rings (SSSR count). The van der Waals surface area contributed by atoms with Crippen molar-refractivity contribution in [2.45, 2.75) is 27.7 Å². The predicted octanol–water partition coefficient (Wildman–Crippen LogP) is 5.14. The van der Waals surface area contributed by atoms with Crippen molar-refractivity contribution in [1.29, 1.82) is 0 Å². The number of rotatable bonds is 11. The number of ether oxygens (including phenoxy) is 5. The van der Waals surface area contributed by atoms with Gasteiger partial charge in [-0.05, 0) is 39.8 Å². The number of non-ortho nitro benzene ring substituents is 1. The van der Waals surface area contributed by atoms with Crippen molar-refractivity contribution in [3.63, 3.8) is 0 Å². The van der Waals surface area contributed by atoms with E-state index in [9.17, 15) is 23.7 Å². The molecule has 0 fully saturated rings. The number of nitrogen functional groups attached to an aromatic ring is 1. The third-order valence-corrected chi connectivity index (χ3v) is 4.49. The monoisotopic (exact) mass is 565 g/mol. The van der Waals surface area contributed by atoms with Gasteiger partial charge in [0.05, 0.1) is 31.4 Å². The van der Waals surface area contributed by atoms with E-state index in [1.165, 1.54) is 36.4 Å². The Hall–Kier alpha value is -4.95. The van der Waals surface area contributed by atoms with Gasteiger partial charge in [-0.25, -0.2) is 4.79 Å². The molecule has 0 saturated heterocycles. The maximum absolute atomic E-state index is 14.3. The molecule has 1 aromatic carbocycles. The average Bonchev–Trinajstić information content (AvgIpc) is 2.91. The lowest BCUT2D eigenvalue weighted by Gasteiger charge is -2.12. The molecular weight excluding hydrogens is 536 g/mol. The fourth-order valence-electron chi connectivity index (χ4n) is 2.90. The lowest BCUT2D eigenvalue weighted by Crippen LogP contribution is -2.19. The van der Waals surface area contributed by atoms with Crippen LogP contribution in [0.3, 0.4) is 0 Å². The summed E-state index contributed by atoms with van der Waals surface area (Å²) in [6, 6.07) is 7.48. The second-order valence-electron chi connectivity index (χ2n) is 7.28. The van der Waals surface area contributed by atoms with Gasteiger partial charge in [0.1, 0.15) is 5.75 Å². The molecule has 0 saturated carbocycles. The summed E-state index contributed by atoms with van der Waals surface area (Å²) in [6.07, 6.45) is -1.03. The molecule has 3 N–H and O–H groups in total. The zero-order chi connectivity index (χ0) is 29.7. The second-order valence-corrected chi connectivity index (χ2v) is 7.28. The molecule has 1 amide bonds. The number of carbonyl (C=O) groups is 1. The van der Waals surface area contributed by atoms with Gasteiger partial charge in [-0.2, -0.15) is 18.7 Å². The Kier molecular flexibility index (Phi) is 12.1. The maximum atomic E-state index is 14.3. The number of anilines is 2. The van der Waals surface area contributed by atoms with Gasteiger partial charge in [-0.3, -0.25) is 15.4 Å². The van der Waals surface area contributed by atoms with Crippen LogP contribution in [0.25, 0.3) is 0 Å². The summed E-state index contributed by atoms with van der Waals surface area (Å²) in [7, 11) is 0. The summed E-state index contributed by atoms with van der Waals surface area (Å²) in [5, 5.41) is 12.7. The Balaban J connectivity index is 0.000000337. The molecule has 40 heavy (non-hydrogen) atoms. The van der Waals surface area contributed by atoms with Crippen LogP contribution in [0.4, 0.5) is 30.9 Å². The van der Waals surface area contributed by atoms with Gasteiger partial charge in [-0.1, -0.05) is 0 Å². The van der Waals surface area contributed by atoms with Gasteiger partial charge >= 0.3 is 6.09 Å². The minimum Gasteiger partial charge on any atom is -0.490 e. The standard InChI is InChI=1S/C16H16FN3O6.C9H13FN2O2/c1-3-24-12-9-13(25-4-2)18-15(14(12)17)19-16(21)26-11-7-5-10(6-8-11)20(22)23;1-3-13-6-5-7(14-4-2)12-9(11)8(6)10/h5-9H,3-4H2,1-2H3,(H,18,19,21);5H,3-4H2,1-2H3,(H2,11,12). The third kappa shape index (κ3) is 9.11. The average molecular weight is 566 g/mol. The van der Waals surface area contributed by atoms with E-state index in [1.807, 2.05) is 6.92 Å². The van der Waals surface area contributed by atoms with E-state index in [0.717, 1.165) is 0 Å². The quantitative estimate of drug-likeness (QED) is 0.233. The Bertz CT molecular complexity index is 1300. The van der Waals surface area contributed by atoms with Crippen LogP contribution in [-0.4, -0.2) is 47.4 Å². The Morgan fingerprint density at radius 1 is 0.875 bits per heavy atom. The number of halogens is 2. The fourth-order valence-corrected chi connectivity index (χ4v) is 2.90. The first-order valence-corrected chi connectivity index (χ1v) is 12.0. The molecule has 0 unspecified atom stereocenters. The molecular formula is C25H29F2N5O8. The molecule has 0 aliphatic rings. The van der Waals surface area contributed by atoms with Crippen molar-refractivity contribution in [3.8, 4) is 29.0 Å². The highest BCUT2D eigenvalue weighted by molar-refractivity contribution is 5.85. The van der Waals surface area contributed by atoms with E-state index in [-0.39, 0.29) is 53.7 Å². The Morgan fingerprint density at radius 2 is 1.38 bits per heavy atom. The summed E-state index contributed by atoms with van der Waals surface area (Å²) < 4.78 is 53.0. The van der Waals surface area contributed by atoms with Crippen molar-refractivity contribution < 1.29 is 42.2 Å². The van der Waals surface area contributed by atoms with E-state index in [0.29, 0.717) is 13.2 Å². The molecule has 216 valence electrons. The number of nitrogens with two attached hydrogens (primary N) is 1. The molecule has 0 atom stereocenters. The lowest BCUT2D eigenvalue weighted by atomic mass is 10.3. The van der Waals surface area contributed by atoms with Crippen LogP contribution in [0.1, 0.15) is 27.7 Å². The zero-order valence-electron chi connectivity index (χ0n) is 22.2. The summed E-state index contributed by atoms with van der Waals surface area (Å²) in [5.74, 6) is -1.82. The van der Waals surface area contributed by atoms with Gasteiger partial charge in [0.2, 0.25) is 23.4 Å². The van der Waals surface area contributed by atoms with Gasteiger partial charge in [-0.15, -0.1) is 0 Å². The van der Waals surface area contributed by atoms with Crippen LogP contribution >= 0.6 is 0 Å². The molecule has 13 nitrogen and oxygen atoms in total. The number of amides is 1. The summed E-state index contributed by atoms with van der Waals surface area (Å²) in [4.78, 5) is 29.5. The summed E-state index contributed by atoms with van der Waals surface area (Å²) in [6.45, 7) is 8.28. The van der Waals surface area contributed by atoms with Gasteiger partial charge < -0.3 is 29.4 Å². The second kappa shape index (κ2) is 15.5. The molecule has 15 heteroatoms. The van der Waals surface area contributed by atoms with Gasteiger partial charge in [0, 0.05) is 24.3 Å². The lowest BCUT2D eigenvalue weighted by molar-refractivity contribution is -0.384. The number of benzene rings is 1. The van der Waals surface area contributed by atoms with E-state index in [4.69, 9.17) is 29.4 Å². The van der Waals surface area contributed by atoms with Crippen LogP contribution < -0.4 is 34.7 Å². The van der Waals surface area contributed by atoms with Crippen LogP contribution in [-0.2, 0) is 0 Å². The topological polar surface area (TPSA) is 170 Å². The Labute approximate surface area is 228 Å². The molecule has 0 spiro atoms. The maximum Gasteiger partial charge on any atom is 0.418 e. The molecule has 0 radical (unpaired) electrons. The SMILES string of the molecule is CCOc1cc(OCC)c(F)c(N)n1.CCOc1cc(OCC)c(F)c(NC(=O)Oc2ccc([N+](=O)[O-])cc2)n1. The highest BCUT2D eigenvalue weighted by Gasteiger charge is 2.18. The molecule has 0 aliphatic heterocycles. The Morgan fingerprint density at radius 3 is 1.88 bits per heavy atom. The normalized spacial score (nSPS) is 10.1. The number of nitro groups is 1. The van der Waals surface area contributed by atoms with E-state index >= 15 is 0 Å². The smallest absolute Gasteiger partial charge is 0.418 e. The van der Waals surface area contributed by atoms with Crippen molar-refractivity contribution in [3.05, 3.63) is 58.1 Å². The van der Waals surface area contributed by atoms with E-state index in [1.54, 1.807) is 20.8 Å². The first kappa shape index (κ1) is 31.3. The first-order valence-electron chi connectivity index (χ1n) is 12.0. The summed E-state index contributed by atoms with van der Waals surface area (Å²) in [5.41, 5.74) is 5.18. The largest absolute Gasteiger partial charge is 0.490 e. The van der Waals surface area contributed by atoms with Gasteiger partial charge in [0.15, 0.2) is 23.1 Å². The van der Waals surface area contributed by atoms with Crippen LogP contribution in [0.15, 0.2) is 36.4 Å². The van der Waals surface area contributed by atoms with Crippen molar-refractivity contribution in [1.82, 2.24) is 9.97 Å².